The summed E-state index contributed by atoms with van der Waals surface area (Å²) >= 11 is 0. The predicted molar refractivity (Wildman–Crippen MR) is 45.8 cm³/mol. The van der Waals surface area contributed by atoms with E-state index in [2.05, 4.69) is 15.0 Å². The van der Waals surface area contributed by atoms with E-state index in [0.717, 1.165) is 0 Å². The van der Waals surface area contributed by atoms with E-state index in [1.807, 2.05) is 6.19 Å². The minimum atomic E-state index is 0.300. The first-order chi connectivity index (χ1) is 6.29. The van der Waals surface area contributed by atoms with Crippen LogP contribution in [0.25, 0.3) is 11.2 Å². The maximum absolute atomic E-state index is 8.83. The minimum Gasteiger partial charge on any atom is -0.382 e. The molecule has 3 rings (SSSR count). The lowest BCUT2D eigenvalue weighted by atomic mass is 9.76. The van der Waals surface area contributed by atoms with Crippen LogP contribution in [0.1, 0.15) is 0 Å². The fraction of sp³-hybridized carbons (Fsp3) is 0. The lowest BCUT2D eigenvalue weighted by molar-refractivity contribution is 1.16. The number of aromatic nitrogens is 4. The highest BCUT2D eigenvalue weighted by atomic mass is 15.2. The summed E-state index contributed by atoms with van der Waals surface area (Å²) in [5, 5.41) is 8.83. The molecule has 3 heterocycles. The standard InChI is InChI=1S/C6H2BN6/c8-1-13-2-3(9)10-5-7-6(13)12-4(2)11-5/h(H2,9,10,11). The van der Waals surface area contributed by atoms with Crippen LogP contribution in [-0.4, -0.2) is 26.8 Å². The molecular formula is C6H2BN6. The van der Waals surface area contributed by atoms with Crippen LogP contribution >= 0.6 is 0 Å². The largest absolute Gasteiger partial charge is 0.382 e. The van der Waals surface area contributed by atoms with Crippen molar-refractivity contribution in [2.75, 3.05) is 5.73 Å². The summed E-state index contributed by atoms with van der Waals surface area (Å²) in [6, 6.07) is 0. The number of fused-ring (bicyclic) bond motifs is 2. The highest BCUT2D eigenvalue weighted by molar-refractivity contribution is 6.65. The zero-order chi connectivity index (χ0) is 9.00. The van der Waals surface area contributed by atoms with Crippen molar-refractivity contribution in [3.05, 3.63) is 0 Å². The van der Waals surface area contributed by atoms with Crippen LogP contribution in [0.15, 0.2) is 0 Å². The second-order valence-electron chi connectivity index (χ2n) is 2.69. The molecule has 0 fully saturated rings. The van der Waals surface area contributed by atoms with Gasteiger partial charge in [0.15, 0.2) is 17.7 Å². The molecule has 0 aliphatic carbocycles. The van der Waals surface area contributed by atoms with E-state index in [1.54, 1.807) is 7.28 Å². The summed E-state index contributed by atoms with van der Waals surface area (Å²) in [7, 11) is 1.62. The number of nitrogens with zero attached hydrogens (tertiary/aromatic N) is 5. The van der Waals surface area contributed by atoms with Crippen LogP contribution in [0.4, 0.5) is 5.82 Å². The Morgan fingerprint density at radius 3 is 3.00 bits per heavy atom. The fourth-order valence-electron chi connectivity index (χ4n) is 1.42. The summed E-state index contributed by atoms with van der Waals surface area (Å²) in [4.78, 5) is 12.1. The number of nitrogens with two attached hydrogens (primary N) is 1. The van der Waals surface area contributed by atoms with Gasteiger partial charge >= 0.3 is 0 Å². The molecule has 6 nitrogen and oxygen atoms in total. The van der Waals surface area contributed by atoms with Crippen molar-refractivity contribution < 1.29 is 0 Å². The van der Waals surface area contributed by atoms with Crippen LogP contribution in [0.2, 0.25) is 0 Å². The number of hydrogen-bond donors (Lipinski definition) is 1. The monoisotopic (exact) mass is 169 g/mol. The summed E-state index contributed by atoms with van der Waals surface area (Å²) in [6.07, 6.45) is 1.97. The summed E-state index contributed by atoms with van der Waals surface area (Å²) in [5.74, 6) is 0.300. The van der Waals surface area contributed by atoms with Gasteiger partial charge in [-0.05, 0) is 0 Å². The number of nitrogen functional groups attached to an aromatic ring is 1. The van der Waals surface area contributed by atoms with Gasteiger partial charge in [0.2, 0.25) is 0 Å². The summed E-state index contributed by atoms with van der Waals surface area (Å²) in [6.45, 7) is 0. The fourth-order valence-corrected chi connectivity index (χ4v) is 1.42. The molecule has 2 aromatic rings. The smallest absolute Gasteiger partial charge is 0.294 e. The van der Waals surface area contributed by atoms with Gasteiger partial charge in [-0.1, -0.05) is 0 Å². The van der Waals surface area contributed by atoms with Crippen molar-refractivity contribution in [1.29, 1.82) is 5.26 Å². The van der Waals surface area contributed by atoms with Crippen molar-refractivity contribution in [1.82, 2.24) is 19.5 Å². The Labute approximate surface area is 73.3 Å². The van der Waals surface area contributed by atoms with Gasteiger partial charge in [0.25, 0.3) is 7.28 Å². The van der Waals surface area contributed by atoms with E-state index in [4.69, 9.17) is 11.0 Å². The van der Waals surface area contributed by atoms with Crippen LogP contribution in [0.5, 0.6) is 0 Å². The quantitative estimate of drug-likeness (QED) is 0.382. The molecule has 59 valence electrons. The third kappa shape index (κ3) is 0.608. The lowest BCUT2D eigenvalue weighted by Crippen LogP contribution is -2.37. The van der Waals surface area contributed by atoms with Crippen LogP contribution < -0.4 is 17.2 Å². The van der Waals surface area contributed by atoms with E-state index >= 15 is 0 Å². The summed E-state index contributed by atoms with van der Waals surface area (Å²) in [5.41, 5.74) is 7.67. The van der Waals surface area contributed by atoms with Crippen LogP contribution in [-0.2, 0) is 0 Å². The number of hydrogen-bond acceptors (Lipinski definition) is 5. The van der Waals surface area contributed by atoms with Gasteiger partial charge in [0.05, 0.1) is 11.4 Å². The van der Waals surface area contributed by atoms with Gasteiger partial charge in [0, 0.05) is 0 Å². The number of imidazole rings is 1. The van der Waals surface area contributed by atoms with Gasteiger partial charge in [-0.25, -0.2) is 19.5 Å². The Bertz CT molecular complexity index is 564. The average molecular weight is 169 g/mol. The van der Waals surface area contributed by atoms with E-state index in [9.17, 15) is 0 Å². The molecule has 3 bridgehead atoms. The molecular weight excluding hydrogens is 167 g/mol. The first-order valence-corrected chi connectivity index (χ1v) is 3.60. The van der Waals surface area contributed by atoms with E-state index in [0.29, 0.717) is 28.4 Å². The Morgan fingerprint density at radius 1 is 1.38 bits per heavy atom. The van der Waals surface area contributed by atoms with Gasteiger partial charge in [-0.2, -0.15) is 5.26 Å². The van der Waals surface area contributed by atoms with Gasteiger partial charge in [-0.3, -0.25) is 0 Å². The van der Waals surface area contributed by atoms with Crippen molar-refractivity contribution in [3.63, 3.8) is 0 Å². The maximum Gasteiger partial charge on any atom is 0.294 e. The van der Waals surface area contributed by atoms with Crippen molar-refractivity contribution in [2.45, 2.75) is 0 Å². The SMILES string of the molecule is N#Cn1c2nc3nc(nc(N)c31)[B]2. The molecule has 0 saturated heterocycles. The Hall–Kier alpha value is -2.10. The van der Waals surface area contributed by atoms with Gasteiger partial charge in [0.1, 0.15) is 5.52 Å². The minimum absolute atomic E-state index is 0.300. The molecule has 0 spiro atoms. The maximum atomic E-state index is 8.83. The highest BCUT2D eigenvalue weighted by Crippen LogP contribution is 2.13. The number of anilines is 1. The molecule has 13 heavy (non-hydrogen) atoms. The second kappa shape index (κ2) is 1.80. The Morgan fingerprint density at radius 2 is 2.23 bits per heavy atom. The van der Waals surface area contributed by atoms with Crippen molar-refractivity contribution in [3.8, 4) is 6.19 Å². The normalized spacial score (nSPS) is 11.9. The number of rotatable bonds is 0. The van der Waals surface area contributed by atoms with Crippen LogP contribution in [0.3, 0.4) is 0 Å². The van der Waals surface area contributed by atoms with Gasteiger partial charge < -0.3 is 5.73 Å². The first kappa shape index (κ1) is 6.42. The molecule has 0 saturated carbocycles. The summed E-state index contributed by atoms with van der Waals surface area (Å²) < 4.78 is 1.33. The molecule has 1 aliphatic rings. The van der Waals surface area contributed by atoms with E-state index in [-0.39, 0.29) is 0 Å². The molecule has 7 heteroatoms. The molecule has 0 amide bonds. The third-order valence-corrected chi connectivity index (χ3v) is 1.94. The van der Waals surface area contributed by atoms with Crippen molar-refractivity contribution >= 4 is 35.7 Å². The molecule has 0 aromatic carbocycles. The molecule has 1 aliphatic heterocycles. The molecule has 1 radical (unpaired) electrons. The molecule has 0 atom stereocenters. The Kier molecular flexibility index (Phi) is 0.888. The average Bonchev–Trinajstić information content (AvgIpc) is 2.30. The second-order valence-corrected chi connectivity index (χ2v) is 2.69. The first-order valence-electron chi connectivity index (χ1n) is 3.60. The van der Waals surface area contributed by atoms with Crippen molar-refractivity contribution in [2.24, 2.45) is 0 Å². The molecule has 2 N–H and O–H groups in total. The molecule has 0 unspecified atom stereocenters. The number of nitriles is 1. The molecule has 2 aromatic heterocycles. The predicted octanol–water partition coefficient (Wildman–Crippen LogP) is -2.29. The van der Waals surface area contributed by atoms with Crippen LogP contribution in [0, 0.1) is 11.5 Å². The zero-order valence-electron chi connectivity index (χ0n) is 6.39. The lowest BCUT2D eigenvalue weighted by Gasteiger charge is -1.97. The van der Waals surface area contributed by atoms with Gasteiger partial charge in [-0.15, -0.1) is 0 Å². The third-order valence-electron chi connectivity index (χ3n) is 1.94. The van der Waals surface area contributed by atoms with E-state index < -0.39 is 0 Å². The topological polar surface area (TPSA) is 93.4 Å². The van der Waals surface area contributed by atoms with E-state index in [1.165, 1.54) is 4.57 Å². The Balaban J connectivity index is 2.64. The zero-order valence-corrected chi connectivity index (χ0v) is 6.39. The highest BCUT2D eigenvalue weighted by Gasteiger charge is 2.23.